The lowest BCUT2D eigenvalue weighted by molar-refractivity contribution is -0.122. The van der Waals surface area contributed by atoms with Gasteiger partial charge in [0.25, 0.3) is 0 Å². The highest BCUT2D eigenvalue weighted by Gasteiger charge is 2.32. The predicted octanol–water partition coefficient (Wildman–Crippen LogP) is 2.89. The van der Waals surface area contributed by atoms with Crippen molar-refractivity contribution in [3.63, 3.8) is 0 Å². The van der Waals surface area contributed by atoms with Gasteiger partial charge in [-0.1, -0.05) is 22.9 Å². The minimum atomic E-state index is -0.375. The van der Waals surface area contributed by atoms with E-state index in [1.165, 1.54) is 5.56 Å². The molecular weight excluding hydrogens is 360 g/mol. The van der Waals surface area contributed by atoms with Crippen LogP contribution in [0.25, 0.3) is 0 Å². The summed E-state index contributed by atoms with van der Waals surface area (Å²) in [5, 5.41) is 12.9. The van der Waals surface area contributed by atoms with Crippen LogP contribution >= 0.6 is 15.9 Å². The number of hydrazone groups is 1. The van der Waals surface area contributed by atoms with Crippen LogP contribution in [-0.2, 0) is 11.3 Å². The Morgan fingerprint density at radius 2 is 2.13 bits per heavy atom. The second kappa shape index (κ2) is 6.54. The van der Waals surface area contributed by atoms with Crippen LogP contribution in [0.5, 0.6) is 0 Å². The van der Waals surface area contributed by atoms with Gasteiger partial charge in [-0.15, -0.1) is 0 Å². The quantitative estimate of drug-likeness (QED) is 0.890. The Morgan fingerprint density at radius 3 is 2.78 bits per heavy atom. The van der Waals surface area contributed by atoms with E-state index in [1.54, 1.807) is 11.1 Å². The summed E-state index contributed by atoms with van der Waals surface area (Å²) < 4.78 is 5.76. The molecule has 0 saturated heterocycles. The maximum Gasteiger partial charge on any atom is 0.245 e. The third-order valence-corrected chi connectivity index (χ3v) is 4.08. The number of hydrogen-bond donors (Lipinski definition) is 1. The SMILES string of the molecule is Cc1ccc(N2N=C(Br)CC2C(=O)NCc2cc(C)on2)cc1. The summed E-state index contributed by atoms with van der Waals surface area (Å²) in [4.78, 5) is 12.5. The number of hydrogen-bond acceptors (Lipinski definition) is 5. The van der Waals surface area contributed by atoms with Gasteiger partial charge < -0.3 is 9.84 Å². The molecule has 1 aliphatic heterocycles. The Kier molecular flexibility index (Phi) is 4.47. The summed E-state index contributed by atoms with van der Waals surface area (Å²) in [6.45, 7) is 4.18. The molecule has 1 unspecified atom stereocenters. The van der Waals surface area contributed by atoms with E-state index < -0.39 is 0 Å². The van der Waals surface area contributed by atoms with Crippen molar-refractivity contribution in [3.05, 3.63) is 47.3 Å². The predicted molar refractivity (Wildman–Crippen MR) is 91.5 cm³/mol. The number of anilines is 1. The molecule has 1 aromatic heterocycles. The summed E-state index contributed by atoms with van der Waals surface area (Å²) in [6.07, 6.45) is 0.539. The molecule has 1 aromatic carbocycles. The summed E-state index contributed by atoms with van der Waals surface area (Å²) >= 11 is 3.40. The Hall–Kier alpha value is -2.15. The molecule has 0 spiro atoms. The van der Waals surface area contributed by atoms with Crippen LogP contribution in [0.4, 0.5) is 5.69 Å². The number of rotatable bonds is 4. The van der Waals surface area contributed by atoms with Crippen molar-refractivity contribution >= 4 is 32.1 Å². The van der Waals surface area contributed by atoms with Gasteiger partial charge in [0.15, 0.2) is 0 Å². The fraction of sp³-hybridized carbons (Fsp3) is 0.312. The number of benzene rings is 1. The lowest BCUT2D eigenvalue weighted by atomic mass is 10.1. The number of amides is 1. The molecule has 0 saturated carbocycles. The lowest BCUT2D eigenvalue weighted by Crippen LogP contribution is -2.42. The first-order chi connectivity index (χ1) is 11.0. The molecule has 0 bridgehead atoms. The highest BCUT2D eigenvalue weighted by atomic mass is 79.9. The Bertz CT molecular complexity index is 739. The number of aromatic nitrogens is 1. The van der Waals surface area contributed by atoms with E-state index in [2.05, 4.69) is 31.5 Å². The zero-order chi connectivity index (χ0) is 16.4. The van der Waals surface area contributed by atoms with Crippen LogP contribution in [0, 0.1) is 13.8 Å². The molecule has 0 radical (unpaired) electrons. The molecule has 3 rings (SSSR count). The van der Waals surface area contributed by atoms with Crippen molar-refractivity contribution < 1.29 is 9.32 Å². The maximum atomic E-state index is 12.5. The molecule has 1 aliphatic rings. The molecule has 1 amide bonds. The third-order valence-electron chi connectivity index (χ3n) is 3.59. The normalized spacial score (nSPS) is 17.3. The van der Waals surface area contributed by atoms with Gasteiger partial charge in [0.1, 0.15) is 22.1 Å². The van der Waals surface area contributed by atoms with E-state index in [1.807, 2.05) is 38.1 Å². The molecule has 7 heteroatoms. The van der Waals surface area contributed by atoms with Crippen LogP contribution in [0.1, 0.15) is 23.4 Å². The number of nitrogens with zero attached hydrogens (tertiary/aromatic N) is 3. The van der Waals surface area contributed by atoms with Crippen molar-refractivity contribution in [2.24, 2.45) is 5.10 Å². The summed E-state index contributed by atoms with van der Waals surface area (Å²) in [5.74, 6) is 0.631. The fourth-order valence-corrected chi connectivity index (χ4v) is 2.89. The van der Waals surface area contributed by atoms with Crippen molar-refractivity contribution in [3.8, 4) is 0 Å². The van der Waals surface area contributed by atoms with Gasteiger partial charge in [-0.3, -0.25) is 9.80 Å². The van der Waals surface area contributed by atoms with Gasteiger partial charge >= 0.3 is 0 Å². The molecule has 0 aliphatic carbocycles. The van der Waals surface area contributed by atoms with E-state index in [4.69, 9.17) is 4.52 Å². The van der Waals surface area contributed by atoms with E-state index in [9.17, 15) is 4.79 Å². The average Bonchev–Trinajstić information content (AvgIpc) is 3.11. The largest absolute Gasteiger partial charge is 0.361 e. The first-order valence-electron chi connectivity index (χ1n) is 7.32. The molecule has 0 fully saturated rings. The Balaban J connectivity index is 1.70. The van der Waals surface area contributed by atoms with Crippen LogP contribution in [0.2, 0.25) is 0 Å². The topological polar surface area (TPSA) is 70.7 Å². The van der Waals surface area contributed by atoms with E-state index in [0.717, 1.165) is 16.1 Å². The monoisotopic (exact) mass is 376 g/mol. The second-order valence-corrected chi connectivity index (χ2v) is 6.44. The number of carbonyl (C=O) groups excluding carboxylic acids is 1. The van der Waals surface area contributed by atoms with Crippen molar-refractivity contribution in [2.75, 3.05) is 5.01 Å². The van der Waals surface area contributed by atoms with Crippen LogP contribution in [0.15, 0.2) is 40.0 Å². The zero-order valence-corrected chi connectivity index (χ0v) is 14.5. The van der Waals surface area contributed by atoms with Gasteiger partial charge in [-0.2, -0.15) is 5.10 Å². The van der Waals surface area contributed by atoms with Crippen LogP contribution < -0.4 is 10.3 Å². The van der Waals surface area contributed by atoms with Gasteiger partial charge in [0.05, 0.1) is 12.2 Å². The Labute approximate surface area is 142 Å². The molecular formula is C16H17BrN4O2. The fourth-order valence-electron chi connectivity index (χ4n) is 2.41. The summed E-state index contributed by atoms with van der Waals surface area (Å²) in [7, 11) is 0. The Morgan fingerprint density at radius 1 is 1.39 bits per heavy atom. The van der Waals surface area contributed by atoms with Crippen molar-refractivity contribution in [2.45, 2.75) is 32.9 Å². The zero-order valence-electron chi connectivity index (χ0n) is 12.9. The van der Waals surface area contributed by atoms with Gasteiger partial charge in [-0.05, 0) is 41.9 Å². The van der Waals surface area contributed by atoms with Crippen molar-refractivity contribution in [1.82, 2.24) is 10.5 Å². The van der Waals surface area contributed by atoms with E-state index in [-0.39, 0.29) is 11.9 Å². The minimum Gasteiger partial charge on any atom is -0.361 e. The smallest absolute Gasteiger partial charge is 0.245 e. The number of halogens is 1. The lowest BCUT2D eigenvalue weighted by Gasteiger charge is -2.22. The van der Waals surface area contributed by atoms with E-state index >= 15 is 0 Å². The number of carbonyl (C=O) groups is 1. The number of nitrogens with one attached hydrogen (secondary N) is 1. The molecule has 1 N–H and O–H groups in total. The first-order valence-corrected chi connectivity index (χ1v) is 8.11. The van der Waals surface area contributed by atoms with Gasteiger partial charge in [0, 0.05) is 12.5 Å². The highest BCUT2D eigenvalue weighted by Crippen LogP contribution is 2.26. The maximum absolute atomic E-state index is 12.5. The van der Waals surface area contributed by atoms with E-state index in [0.29, 0.717) is 18.7 Å². The molecule has 23 heavy (non-hydrogen) atoms. The average molecular weight is 377 g/mol. The molecule has 120 valence electrons. The summed E-state index contributed by atoms with van der Waals surface area (Å²) in [5.41, 5.74) is 2.76. The van der Waals surface area contributed by atoms with Crippen LogP contribution in [-0.4, -0.2) is 21.7 Å². The molecule has 6 nitrogen and oxygen atoms in total. The van der Waals surface area contributed by atoms with Gasteiger partial charge in [0.2, 0.25) is 5.91 Å². The second-order valence-electron chi connectivity index (χ2n) is 5.52. The summed E-state index contributed by atoms with van der Waals surface area (Å²) in [6, 6.07) is 9.37. The minimum absolute atomic E-state index is 0.0931. The molecule has 1 atom stereocenters. The number of aryl methyl sites for hydroxylation is 2. The molecule has 2 aromatic rings. The standard InChI is InChI=1S/C16H17BrN4O2/c1-10-3-5-13(6-4-10)21-14(8-15(17)19-21)16(22)18-9-12-7-11(2)23-20-12/h3-7,14H,8-9H2,1-2H3,(H,18,22). The first kappa shape index (κ1) is 15.7. The third kappa shape index (κ3) is 3.61. The van der Waals surface area contributed by atoms with Crippen molar-refractivity contribution in [1.29, 1.82) is 0 Å². The van der Waals surface area contributed by atoms with Gasteiger partial charge in [-0.25, -0.2) is 0 Å². The molecule has 2 heterocycles. The highest BCUT2D eigenvalue weighted by molar-refractivity contribution is 9.18. The van der Waals surface area contributed by atoms with Crippen LogP contribution in [0.3, 0.4) is 0 Å².